The molecule has 5 rings (SSSR count). The quantitative estimate of drug-likeness (QED) is 0.320. The van der Waals surface area contributed by atoms with Crippen LogP contribution in [-0.4, -0.2) is 46.6 Å². The summed E-state index contributed by atoms with van der Waals surface area (Å²) < 4.78 is 67.0. The number of pyridine rings is 1. The van der Waals surface area contributed by atoms with E-state index in [-0.39, 0.29) is 21.9 Å². The SMILES string of the molecule is Cc1nc(N[C@H](C)c2cc([N+](=O)[O-])cc(C(F)(F)F)c2)c2cc(S(=O)(=O)C3CC3)c(N3CCCC3)nc2n1. The largest absolute Gasteiger partial charge is 0.416 e. The molecule has 38 heavy (non-hydrogen) atoms. The molecule has 1 aromatic carbocycles. The Morgan fingerprint density at radius 3 is 2.39 bits per heavy atom. The van der Waals surface area contributed by atoms with E-state index < -0.39 is 43.5 Å². The van der Waals surface area contributed by atoms with Crippen LogP contribution in [-0.2, 0) is 16.0 Å². The summed E-state index contributed by atoms with van der Waals surface area (Å²) in [6, 6.07) is 3.03. The molecule has 0 radical (unpaired) electrons. The summed E-state index contributed by atoms with van der Waals surface area (Å²) in [5.74, 6) is 0.847. The van der Waals surface area contributed by atoms with Gasteiger partial charge in [-0.3, -0.25) is 10.1 Å². The number of halogens is 3. The number of nitro benzene ring substituents is 1. The highest BCUT2D eigenvalue weighted by molar-refractivity contribution is 7.92. The van der Waals surface area contributed by atoms with Gasteiger partial charge in [-0.1, -0.05) is 0 Å². The second-order valence-electron chi connectivity index (χ2n) is 9.67. The molecule has 0 unspecified atom stereocenters. The van der Waals surface area contributed by atoms with E-state index in [4.69, 9.17) is 0 Å². The van der Waals surface area contributed by atoms with Gasteiger partial charge >= 0.3 is 6.18 Å². The maximum Gasteiger partial charge on any atom is 0.416 e. The van der Waals surface area contributed by atoms with Gasteiger partial charge in [-0.05, 0) is 57.2 Å². The first kappa shape index (κ1) is 26.1. The van der Waals surface area contributed by atoms with Crippen molar-refractivity contribution in [2.24, 2.45) is 0 Å². The Balaban J connectivity index is 1.61. The van der Waals surface area contributed by atoms with E-state index in [1.165, 1.54) is 13.0 Å². The average molecular weight is 551 g/mol. The number of fused-ring (bicyclic) bond motifs is 1. The van der Waals surface area contributed by atoms with Gasteiger partial charge in [0, 0.05) is 25.2 Å². The van der Waals surface area contributed by atoms with Gasteiger partial charge < -0.3 is 10.2 Å². The zero-order chi connectivity index (χ0) is 27.4. The van der Waals surface area contributed by atoms with Crippen LogP contribution in [0.2, 0.25) is 0 Å². The first-order valence-electron chi connectivity index (χ1n) is 12.2. The smallest absolute Gasteiger partial charge is 0.363 e. The summed E-state index contributed by atoms with van der Waals surface area (Å²) >= 11 is 0. The van der Waals surface area contributed by atoms with Crippen molar-refractivity contribution in [1.29, 1.82) is 0 Å². The first-order chi connectivity index (χ1) is 17.8. The van der Waals surface area contributed by atoms with Crippen LogP contribution in [0.5, 0.6) is 0 Å². The lowest BCUT2D eigenvalue weighted by atomic mass is 10.0. The Morgan fingerprint density at radius 1 is 1.11 bits per heavy atom. The molecule has 2 aromatic heterocycles. The van der Waals surface area contributed by atoms with Gasteiger partial charge in [0.25, 0.3) is 5.69 Å². The number of non-ortho nitro benzene ring substituents is 1. The normalized spacial score (nSPS) is 17.1. The second-order valence-corrected chi connectivity index (χ2v) is 11.9. The topological polar surface area (TPSA) is 131 Å². The van der Waals surface area contributed by atoms with E-state index >= 15 is 0 Å². The summed E-state index contributed by atoms with van der Waals surface area (Å²) in [7, 11) is -3.66. The fraction of sp³-hybridized carbons (Fsp3) is 0.458. The van der Waals surface area contributed by atoms with Crippen molar-refractivity contribution in [3.63, 3.8) is 0 Å². The van der Waals surface area contributed by atoms with E-state index in [0.717, 1.165) is 25.0 Å². The fourth-order valence-electron chi connectivity index (χ4n) is 4.61. The molecule has 14 heteroatoms. The molecule has 1 aliphatic heterocycles. The Kier molecular flexibility index (Phi) is 6.40. The molecule has 2 fully saturated rings. The number of hydrogen-bond donors (Lipinski definition) is 1. The molecular formula is C24H25F3N6O4S. The molecule has 1 saturated carbocycles. The molecule has 2 aliphatic rings. The Bertz CT molecular complexity index is 1540. The third-order valence-electron chi connectivity index (χ3n) is 6.75. The highest BCUT2D eigenvalue weighted by Gasteiger charge is 2.40. The second kappa shape index (κ2) is 9.33. The number of hydrogen-bond acceptors (Lipinski definition) is 9. The van der Waals surface area contributed by atoms with Crippen LogP contribution in [0.3, 0.4) is 0 Å². The maximum atomic E-state index is 13.4. The van der Waals surface area contributed by atoms with Crippen LogP contribution in [0.4, 0.5) is 30.5 Å². The molecule has 0 amide bonds. The van der Waals surface area contributed by atoms with Crippen molar-refractivity contribution in [3.05, 3.63) is 51.3 Å². The number of alkyl halides is 3. The minimum Gasteiger partial charge on any atom is -0.363 e. The number of benzene rings is 1. The van der Waals surface area contributed by atoms with Gasteiger partial charge in [0.15, 0.2) is 15.5 Å². The molecular weight excluding hydrogens is 525 g/mol. The lowest BCUT2D eigenvalue weighted by Crippen LogP contribution is -2.23. The van der Waals surface area contributed by atoms with Crippen molar-refractivity contribution in [3.8, 4) is 0 Å². The lowest BCUT2D eigenvalue weighted by Gasteiger charge is -2.22. The monoisotopic (exact) mass is 550 g/mol. The minimum atomic E-state index is -4.78. The minimum absolute atomic E-state index is 0.0170. The van der Waals surface area contributed by atoms with Crippen LogP contribution in [0.1, 0.15) is 55.6 Å². The van der Waals surface area contributed by atoms with E-state index in [9.17, 15) is 31.7 Å². The molecule has 10 nitrogen and oxygen atoms in total. The number of nitro groups is 1. The number of sulfone groups is 1. The van der Waals surface area contributed by atoms with Crippen molar-refractivity contribution >= 4 is 38.2 Å². The van der Waals surface area contributed by atoms with E-state index in [1.807, 2.05) is 4.90 Å². The third-order valence-corrected chi connectivity index (χ3v) is 9.01. The summed E-state index contributed by atoms with van der Waals surface area (Å²) in [5, 5.41) is 14.1. The zero-order valence-electron chi connectivity index (χ0n) is 20.6. The molecule has 3 aromatic rings. The highest BCUT2D eigenvalue weighted by atomic mass is 32.2. The van der Waals surface area contributed by atoms with Gasteiger partial charge in [0.2, 0.25) is 0 Å². The summed E-state index contributed by atoms with van der Waals surface area (Å²) in [4.78, 5) is 25.8. The van der Waals surface area contributed by atoms with Crippen LogP contribution in [0.15, 0.2) is 29.2 Å². The molecule has 0 bridgehead atoms. The lowest BCUT2D eigenvalue weighted by molar-refractivity contribution is -0.385. The number of nitrogens with zero attached hydrogens (tertiary/aromatic N) is 5. The molecule has 202 valence electrons. The average Bonchev–Trinajstić information content (AvgIpc) is 3.58. The van der Waals surface area contributed by atoms with Crippen LogP contribution < -0.4 is 10.2 Å². The summed E-state index contributed by atoms with van der Waals surface area (Å²) in [6.07, 6.45) is -1.81. The van der Waals surface area contributed by atoms with E-state index in [1.54, 1.807) is 6.92 Å². The van der Waals surface area contributed by atoms with Crippen molar-refractivity contribution < 1.29 is 26.5 Å². The summed E-state index contributed by atoms with van der Waals surface area (Å²) in [6.45, 7) is 4.51. The van der Waals surface area contributed by atoms with Crippen LogP contribution in [0.25, 0.3) is 11.0 Å². The van der Waals surface area contributed by atoms with Crippen LogP contribution >= 0.6 is 0 Å². The zero-order valence-corrected chi connectivity index (χ0v) is 21.4. The first-order valence-corrected chi connectivity index (χ1v) is 13.7. The number of rotatable bonds is 7. The predicted octanol–water partition coefficient (Wildman–Crippen LogP) is 4.97. The van der Waals surface area contributed by atoms with Gasteiger partial charge in [0.05, 0.1) is 27.2 Å². The Labute approximate surface area is 216 Å². The Morgan fingerprint density at radius 2 is 1.79 bits per heavy atom. The van der Waals surface area contributed by atoms with Crippen molar-refractivity contribution in [2.75, 3.05) is 23.3 Å². The molecule has 0 spiro atoms. The van der Waals surface area contributed by atoms with Crippen LogP contribution in [0, 0.1) is 17.0 Å². The standard InChI is InChI=1S/C24H25F3N6O4S/c1-13(15-9-16(24(25,26)27)11-17(10-15)33(34)35)28-21-19-12-20(38(36,37)18-5-6-18)23(32-7-3-4-8-32)31-22(19)30-14(2)29-21/h9-13,18H,3-8H2,1-2H3,(H,28,29,30,31)/t13-/m1/s1. The predicted molar refractivity (Wildman–Crippen MR) is 134 cm³/mol. The van der Waals surface area contributed by atoms with Crippen molar-refractivity contribution in [2.45, 2.75) is 61.9 Å². The molecule has 1 saturated heterocycles. The number of anilines is 2. The molecule has 1 atom stereocenters. The van der Waals surface area contributed by atoms with Crippen molar-refractivity contribution in [1.82, 2.24) is 15.0 Å². The van der Waals surface area contributed by atoms with Gasteiger partial charge in [0.1, 0.15) is 22.4 Å². The summed E-state index contributed by atoms with van der Waals surface area (Å²) in [5.41, 5.74) is -1.57. The maximum absolute atomic E-state index is 13.4. The van der Waals surface area contributed by atoms with Gasteiger partial charge in [-0.2, -0.15) is 13.2 Å². The van der Waals surface area contributed by atoms with Gasteiger partial charge in [-0.25, -0.2) is 23.4 Å². The molecule has 1 aliphatic carbocycles. The third kappa shape index (κ3) is 4.96. The highest BCUT2D eigenvalue weighted by Crippen LogP contribution is 2.40. The Hall–Kier alpha value is -3.55. The van der Waals surface area contributed by atoms with Gasteiger partial charge in [-0.15, -0.1) is 0 Å². The van der Waals surface area contributed by atoms with E-state index in [2.05, 4.69) is 20.3 Å². The molecule has 1 N–H and O–H groups in total. The fourth-order valence-corrected chi connectivity index (χ4v) is 6.44. The number of nitrogens with one attached hydrogen (secondary N) is 1. The number of aromatic nitrogens is 3. The number of aryl methyl sites for hydroxylation is 1. The van der Waals surface area contributed by atoms with E-state index in [0.29, 0.717) is 49.0 Å². The molecule has 3 heterocycles.